The Labute approximate surface area is 137 Å². The van der Waals surface area contributed by atoms with Crippen molar-refractivity contribution in [1.29, 1.82) is 0 Å². The van der Waals surface area contributed by atoms with Gasteiger partial charge in [-0.3, -0.25) is 4.79 Å². The highest BCUT2D eigenvalue weighted by Gasteiger charge is 2.18. The second kappa shape index (κ2) is 8.53. The van der Waals surface area contributed by atoms with E-state index in [1.807, 2.05) is 12.1 Å². The fraction of sp³-hybridized carbons (Fsp3) is 0.529. The summed E-state index contributed by atoms with van der Waals surface area (Å²) in [6.07, 6.45) is 1.11. The van der Waals surface area contributed by atoms with Crippen LogP contribution < -0.4 is 11.1 Å². The number of benzene rings is 1. The number of carbonyl (C=O) groups is 1. The Balaban J connectivity index is 1.97. The number of ether oxygens (including phenoxy) is 1. The van der Waals surface area contributed by atoms with E-state index in [4.69, 9.17) is 10.5 Å². The van der Waals surface area contributed by atoms with Crippen LogP contribution in [0.3, 0.4) is 0 Å². The molecule has 126 valence electrons. The molecule has 1 heterocycles. The molecule has 0 aromatic heterocycles. The summed E-state index contributed by atoms with van der Waals surface area (Å²) >= 11 is 0. The zero-order valence-electron chi connectivity index (χ0n) is 13.9. The van der Waals surface area contributed by atoms with E-state index >= 15 is 0 Å². The maximum atomic E-state index is 11.1. The quantitative estimate of drug-likeness (QED) is 0.610. The van der Waals surface area contributed by atoms with Gasteiger partial charge in [0.25, 0.3) is 0 Å². The Bertz CT molecular complexity index is 536. The minimum atomic E-state index is -0.410. The van der Waals surface area contributed by atoms with Crippen LogP contribution in [0.2, 0.25) is 0 Å². The molecule has 3 N–H and O–H groups in total. The number of hydrogen-bond acceptors (Lipinski definition) is 3. The Morgan fingerprint density at radius 2 is 2.17 bits per heavy atom. The zero-order valence-corrected chi connectivity index (χ0v) is 13.9. The molecule has 0 saturated carbocycles. The van der Waals surface area contributed by atoms with Crippen molar-refractivity contribution in [2.24, 2.45) is 16.6 Å². The largest absolute Gasteiger partial charge is 0.381 e. The third-order valence-corrected chi connectivity index (χ3v) is 3.90. The van der Waals surface area contributed by atoms with Crippen molar-refractivity contribution in [3.05, 3.63) is 35.4 Å². The van der Waals surface area contributed by atoms with Gasteiger partial charge in [0.2, 0.25) is 5.91 Å². The van der Waals surface area contributed by atoms with Gasteiger partial charge < -0.3 is 20.7 Å². The lowest BCUT2D eigenvalue weighted by Crippen LogP contribution is -2.41. The average Bonchev–Trinajstić information content (AvgIpc) is 3.04. The van der Waals surface area contributed by atoms with E-state index < -0.39 is 5.91 Å². The van der Waals surface area contributed by atoms with E-state index in [0.717, 1.165) is 44.2 Å². The van der Waals surface area contributed by atoms with Crippen LogP contribution in [-0.4, -0.2) is 50.1 Å². The van der Waals surface area contributed by atoms with Gasteiger partial charge in [-0.1, -0.05) is 12.1 Å². The third kappa shape index (κ3) is 5.25. The Morgan fingerprint density at radius 3 is 2.74 bits per heavy atom. The van der Waals surface area contributed by atoms with E-state index in [2.05, 4.69) is 29.2 Å². The average molecular weight is 318 g/mol. The first kappa shape index (κ1) is 17.3. The molecule has 6 nitrogen and oxygen atoms in total. The number of rotatable bonds is 6. The highest BCUT2D eigenvalue weighted by atomic mass is 16.5. The predicted octanol–water partition coefficient (Wildman–Crippen LogP) is 1.22. The van der Waals surface area contributed by atoms with Crippen LogP contribution in [0.5, 0.6) is 0 Å². The number of carbonyl (C=O) groups excluding carboxylic acids is 1. The summed E-state index contributed by atoms with van der Waals surface area (Å²) in [4.78, 5) is 17.9. The van der Waals surface area contributed by atoms with E-state index in [9.17, 15) is 4.79 Å². The topological polar surface area (TPSA) is 79.9 Å². The van der Waals surface area contributed by atoms with Crippen molar-refractivity contribution in [3.8, 4) is 0 Å². The molecule has 1 unspecified atom stereocenters. The highest BCUT2D eigenvalue weighted by Crippen LogP contribution is 2.13. The van der Waals surface area contributed by atoms with Gasteiger partial charge in [-0.05, 0) is 31.0 Å². The number of nitrogens with two attached hydrogens (primary N) is 1. The lowest BCUT2D eigenvalue weighted by Gasteiger charge is -2.24. The van der Waals surface area contributed by atoms with E-state index in [0.29, 0.717) is 18.0 Å². The number of nitrogens with one attached hydrogen (secondary N) is 1. The number of guanidine groups is 1. The number of nitrogens with zero attached hydrogens (tertiary/aromatic N) is 2. The van der Waals surface area contributed by atoms with E-state index in [1.165, 1.54) is 0 Å². The summed E-state index contributed by atoms with van der Waals surface area (Å²) in [5, 5.41) is 3.32. The molecule has 1 amide bonds. The number of amides is 1. The smallest absolute Gasteiger partial charge is 0.248 e. The van der Waals surface area contributed by atoms with Gasteiger partial charge in [-0.15, -0.1) is 0 Å². The molecule has 1 saturated heterocycles. The van der Waals surface area contributed by atoms with Crippen molar-refractivity contribution in [2.45, 2.75) is 19.9 Å². The molecule has 1 fully saturated rings. The monoisotopic (exact) mass is 318 g/mol. The first-order chi connectivity index (χ1) is 11.1. The third-order valence-electron chi connectivity index (χ3n) is 3.90. The summed E-state index contributed by atoms with van der Waals surface area (Å²) in [5.74, 6) is 1.05. The van der Waals surface area contributed by atoms with Gasteiger partial charge in [0, 0.05) is 38.2 Å². The molecule has 0 spiro atoms. The van der Waals surface area contributed by atoms with Gasteiger partial charge in [0.1, 0.15) is 0 Å². The predicted molar refractivity (Wildman–Crippen MR) is 91.3 cm³/mol. The summed E-state index contributed by atoms with van der Waals surface area (Å²) in [5.41, 5.74) is 6.81. The molecule has 23 heavy (non-hydrogen) atoms. The SMILES string of the molecule is CCNC(=NCc1ccc(C(N)=O)cc1)N(C)CC1CCOC1. The normalized spacial score (nSPS) is 18.0. The number of aliphatic imine (C=N–C) groups is 1. The van der Waals surface area contributed by atoms with Crippen molar-refractivity contribution >= 4 is 11.9 Å². The molecule has 0 bridgehead atoms. The molecular formula is C17H26N4O2. The maximum Gasteiger partial charge on any atom is 0.248 e. The number of primary amides is 1. The van der Waals surface area contributed by atoms with Crippen molar-refractivity contribution in [3.63, 3.8) is 0 Å². The molecule has 0 aliphatic carbocycles. The van der Waals surface area contributed by atoms with Crippen LogP contribution in [0, 0.1) is 5.92 Å². The van der Waals surface area contributed by atoms with Gasteiger partial charge in [0.05, 0.1) is 13.2 Å². The first-order valence-corrected chi connectivity index (χ1v) is 8.06. The van der Waals surface area contributed by atoms with Gasteiger partial charge >= 0.3 is 0 Å². The van der Waals surface area contributed by atoms with Crippen LogP contribution in [0.4, 0.5) is 0 Å². The van der Waals surface area contributed by atoms with Gasteiger partial charge in [-0.2, -0.15) is 0 Å². The highest BCUT2D eigenvalue weighted by molar-refractivity contribution is 5.92. The second-order valence-electron chi connectivity index (χ2n) is 5.84. The fourth-order valence-corrected chi connectivity index (χ4v) is 2.61. The molecule has 6 heteroatoms. The van der Waals surface area contributed by atoms with Gasteiger partial charge in [-0.25, -0.2) is 4.99 Å². The molecule has 1 aromatic carbocycles. The Morgan fingerprint density at radius 1 is 1.43 bits per heavy atom. The maximum absolute atomic E-state index is 11.1. The molecule has 1 atom stereocenters. The second-order valence-corrected chi connectivity index (χ2v) is 5.84. The molecule has 1 aliphatic rings. The van der Waals surface area contributed by atoms with Crippen LogP contribution in [0.15, 0.2) is 29.3 Å². The van der Waals surface area contributed by atoms with E-state index in [-0.39, 0.29) is 0 Å². The summed E-state index contributed by atoms with van der Waals surface area (Å²) in [6.45, 7) is 6.07. The molecule has 1 aliphatic heterocycles. The minimum absolute atomic E-state index is 0.410. The summed E-state index contributed by atoms with van der Waals surface area (Å²) in [6, 6.07) is 7.25. The Hall–Kier alpha value is -2.08. The standard InChI is InChI=1S/C17H26N4O2/c1-3-19-17(21(2)11-14-8-9-23-12-14)20-10-13-4-6-15(7-5-13)16(18)22/h4-7,14H,3,8-12H2,1-2H3,(H2,18,22)(H,19,20). The molecule has 2 rings (SSSR count). The number of hydrogen-bond donors (Lipinski definition) is 2. The van der Waals surface area contributed by atoms with Crippen LogP contribution in [0.1, 0.15) is 29.3 Å². The van der Waals surface area contributed by atoms with Crippen LogP contribution in [-0.2, 0) is 11.3 Å². The zero-order chi connectivity index (χ0) is 16.7. The Kier molecular flexibility index (Phi) is 6.40. The fourth-order valence-electron chi connectivity index (χ4n) is 2.61. The molecular weight excluding hydrogens is 292 g/mol. The van der Waals surface area contributed by atoms with Crippen LogP contribution >= 0.6 is 0 Å². The molecule has 0 radical (unpaired) electrons. The van der Waals surface area contributed by atoms with Crippen molar-refractivity contribution in [1.82, 2.24) is 10.2 Å². The first-order valence-electron chi connectivity index (χ1n) is 8.06. The van der Waals surface area contributed by atoms with Crippen molar-refractivity contribution in [2.75, 3.05) is 33.4 Å². The minimum Gasteiger partial charge on any atom is -0.381 e. The van der Waals surface area contributed by atoms with Gasteiger partial charge in [0.15, 0.2) is 5.96 Å². The summed E-state index contributed by atoms with van der Waals surface area (Å²) < 4.78 is 5.43. The van der Waals surface area contributed by atoms with E-state index in [1.54, 1.807) is 12.1 Å². The van der Waals surface area contributed by atoms with Crippen molar-refractivity contribution < 1.29 is 9.53 Å². The van der Waals surface area contributed by atoms with Crippen LogP contribution in [0.25, 0.3) is 0 Å². The lowest BCUT2D eigenvalue weighted by atomic mass is 10.1. The molecule has 1 aromatic rings. The summed E-state index contributed by atoms with van der Waals surface area (Å²) in [7, 11) is 2.05. The lowest BCUT2D eigenvalue weighted by molar-refractivity contribution is 0.100.